The minimum atomic E-state index is -1.05. The molecule has 0 aliphatic rings. The van der Waals surface area contributed by atoms with Crippen LogP contribution in [0.3, 0.4) is 0 Å². The van der Waals surface area contributed by atoms with Gasteiger partial charge in [-0.15, -0.1) is 0 Å². The quantitative estimate of drug-likeness (QED) is 0.0761. The van der Waals surface area contributed by atoms with Crippen molar-refractivity contribution in [2.45, 2.75) is 155 Å². The third-order valence-electron chi connectivity index (χ3n) is 6.93. The lowest BCUT2D eigenvalue weighted by Gasteiger charge is -2.24. The molecule has 0 bridgehead atoms. The molecule has 0 fully saturated rings. The predicted octanol–water partition coefficient (Wildman–Crippen LogP) is 7.28. The number of rotatable bonds is 23. The Morgan fingerprint density at radius 2 is 1.40 bits per heavy atom. The molecule has 2 amide bonds. The van der Waals surface area contributed by atoms with Gasteiger partial charge in [-0.25, -0.2) is 9.59 Å². The van der Waals surface area contributed by atoms with Crippen molar-refractivity contribution in [3.05, 3.63) is 35.9 Å². The number of nitrogens with two attached hydrogens (primary N) is 1. The first-order chi connectivity index (χ1) is 20.5. The van der Waals surface area contributed by atoms with Gasteiger partial charge in [-0.1, -0.05) is 101 Å². The van der Waals surface area contributed by atoms with Crippen molar-refractivity contribution < 1.29 is 33.4 Å². The van der Waals surface area contributed by atoms with Crippen LogP contribution in [0.4, 0.5) is 4.79 Å². The van der Waals surface area contributed by atoms with Crippen LogP contribution in [0.25, 0.3) is 0 Å². The van der Waals surface area contributed by atoms with Crippen LogP contribution in [0, 0.1) is 0 Å². The fraction of sp³-hybridized carbons (Fsp3) is 0.706. The number of alkyl carbamates (subject to hydrolysis) is 1. The first-order valence-corrected chi connectivity index (χ1v) is 16.2. The summed E-state index contributed by atoms with van der Waals surface area (Å²) in [6.07, 6.45) is 12.5. The number of amides is 2. The summed E-state index contributed by atoms with van der Waals surface area (Å²) < 4.78 is 16.3. The van der Waals surface area contributed by atoms with Gasteiger partial charge >= 0.3 is 18.0 Å². The van der Waals surface area contributed by atoms with Crippen LogP contribution >= 0.6 is 0 Å². The van der Waals surface area contributed by atoms with Gasteiger partial charge in [-0.2, -0.15) is 0 Å². The molecule has 0 aromatic heterocycles. The van der Waals surface area contributed by atoms with Crippen LogP contribution in [0.1, 0.15) is 136 Å². The average Bonchev–Trinajstić information content (AvgIpc) is 2.93. The van der Waals surface area contributed by atoms with Crippen LogP contribution in [-0.4, -0.2) is 41.7 Å². The number of unbranched alkanes of at least 4 members (excludes halogenated alkanes) is 10. The molecule has 0 saturated carbocycles. The van der Waals surface area contributed by atoms with Gasteiger partial charge in [-0.3, -0.25) is 9.59 Å². The van der Waals surface area contributed by atoms with E-state index in [9.17, 15) is 19.2 Å². The molecule has 0 unspecified atom stereocenters. The van der Waals surface area contributed by atoms with Gasteiger partial charge in [0.25, 0.3) is 0 Å². The largest absolute Gasteiger partial charge is 0.461 e. The van der Waals surface area contributed by atoms with E-state index >= 15 is 0 Å². The summed E-state index contributed by atoms with van der Waals surface area (Å²) in [5.74, 6) is -1.65. The number of esters is 2. The van der Waals surface area contributed by atoms with Crippen molar-refractivity contribution in [2.24, 2.45) is 5.73 Å². The Balaban J connectivity index is 2.58. The molecular formula is C34H56N2O7. The molecule has 2 atom stereocenters. The summed E-state index contributed by atoms with van der Waals surface area (Å²) >= 11 is 0. The number of ether oxygens (including phenoxy) is 3. The Hall–Kier alpha value is -3.10. The van der Waals surface area contributed by atoms with Gasteiger partial charge in [0.2, 0.25) is 5.91 Å². The zero-order valence-corrected chi connectivity index (χ0v) is 27.0. The first-order valence-electron chi connectivity index (χ1n) is 16.2. The highest BCUT2D eigenvalue weighted by molar-refractivity contribution is 5.82. The maximum Gasteiger partial charge on any atom is 0.408 e. The summed E-state index contributed by atoms with van der Waals surface area (Å²) in [4.78, 5) is 49.6. The van der Waals surface area contributed by atoms with Crippen LogP contribution < -0.4 is 11.1 Å². The average molecular weight is 605 g/mol. The number of carbonyl (C=O) groups excluding carboxylic acids is 4. The van der Waals surface area contributed by atoms with E-state index in [1.165, 1.54) is 51.4 Å². The Bertz CT molecular complexity index is 930. The van der Waals surface area contributed by atoms with Crippen molar-refractivity contribution in [2.75, 3.05) is 0 Å². The van der Waals surface area contributed by atoms with Crippen LogP contribution in [0.5, 0.6) is 0 Å². The van der Waals surface area contributed by atoms with Gasteiger partial charge < -0.3 is 25.3 Å². The molecule has 1 rings (SSSR count). The number of carbonyl (C=O) groups is 4. The molecule has 0 aliphatic carbocycles. The molecule has 9 heteroatoms. The lowest BCUT2D eigenvalue weighted by Crippen LogP contribution is -2.45. The molecule has 244 valence electrons. The van der Waals surface area contributed by atoms with Crippen molar-refractivity contribution in [1.82, 2.24) is 5.32 Å². The highest BCUT2D eigenvalue weighted by atomic mass is 16.6. The molecule has 1 aromatic rings. The van der Waals surface area contributed by atoms with Crippen molar-refractivity contribution in [3.63, 3.8) is 0 Å². The zero-order chi connectivity index (χ0) is 31.9. The van der Waals surface area contributed by atoms with Gasteiger partial charge in [0, 0.05) is 6.42 Å². The van der Waals surface area contributed by atoms with Crippen molar-refractivity contribution >= 4 is 23.9 Å². The van der Waals surface area contributed by atoms with E-state index in [1.807, 2.05) is 30.3 Å². The number of nitrogens with one attached hydrogen (secondary N) is 1. The number of primary amides is 1. The first kappa shape index (κ1) is 37.9. The lowest BCUT2D eigenvalue weighted by atomic mass is 10.0. The van der Waals surface area contributed by atoms with E-state index in [2.05, 4.69) is 12.2 Å². The molecule has 0 radical (unpaired) electrons. The lowest BCUT2D eigenvalue weighted by molar-refractivity contribution is -0.154. The minimum absolute atomic E-state index is 0.0655. The van der Waals surface area contributed by atoms with Gasteiger partial charge in [0.1, 0.15) is 24.4 Å². The maximum absolute atomic E-state index is 13.2. The van der Waals surface area contributed by atoms with E-state index < -0.39 is 41.7 Å². The SMILES string of the molecule is CCCCCCCCCCCCC[C@@H](CC(N)=O)OC(=O)[C@@H](CCCC(=O)OCc1ccccc1)NC(=O)OC(C)(C)C. The highest BCUT2D eigenvalue weighted by Gasteiger charge is 2.28. The second kappa shape index (κ2) is 22.4. The topological polar surface area (TPSA) is 134 Å². The Morgan fingerprint density at radius 1 is 0.814 bits per heavy atom. The molecule has 0 spiro atoms. The molecular weight excluding hydrogens is 548 g/mol. The molecule has 1 aromatic carbocycles. The van der Waals surface area contributed by atoms with Crippen molar-refractivity contribution in [3.8, 4) is 0 Å². The zero-order valence-electron chi connectivity index (χ0n) is 27.0. The predicted molar refractivity (Wildman–Crippen MR) is 168 cm³/mol. The number of hydrogen-bond donors (Lipinski definition) is 2. The Labute approximate surface area is 259 Å². The second-order valence-corrected chi connectivity index (χ2v) is 12.3. The molecule has 0 saturated heterocycles. The van der Waals surface area contributed by atoms with E-state index in [-0.39, 0.29) is 32.3 Å². The van der Waals surface area contributed by atoms with E-state index in [0.717, 1.165) is 24.8 Å². The Kier molecular flexibility index (Phi) is 19.8. The van der Waals surface area contributed by atoms with E-state index in [0.29, 0.717) is 6.42 Å². The fourth-order valence-electron chi connectivity index (χ4n) is 4.67. The molecule has 43 heavy (non-hydrogen) atoms. The normalized spacial score (nSPS) is 12.7. The molecule has 9 nitrogen and oxygen atoms in total. The van der Waals surface area contributed by atoms with Crippen LogP contribution in [0.2, 0.25) is 0 Å². The maximum atomic E-state index is 13.2. The summed E-state index contributed by atoms with van der Waals surface area (Å²) in [5, 5.41) is 2.57. The number of benzene rings is 1. The monoisotopic (exact) mass is 604 g/mol. The smallest absolute Gasteiger partial charge is 0.408 e. The summed E-state index contributed by atoms with van der Waals surface area (Å²) in [7, 11) is 0. The van der Waals surface area contributed by atoms with Crippen LogP contribution in [-0.2, 0) is 35.2 Å². The minimum Gasteiger partial charge on any atom is -0.461 e. The van der Waals surface area contributed by atoms with Crippen molar-refractivity contribution in [1.29, 1.82) is 0 Å². The third kappa shape index (κ3) is 21.3. The third-order valence-corrected chi connectivity index (χ3v) is 6.93. The van der Waals surface area contributed by atoms with Gasteiger partial charge in [-0.05, 0) is 52.0 Å². The van der Waals surface area contributed by atoms with E-state index in [4.69, 9.17) is 19.9 Å². The summed E-state index contributed by atoms with van der Waals surface area (Å²) in [5.41, 5.74) is 5.55. The molecule has 0 aliphatic heterocycles. The number of hydrogen-bond acceptors (Lipinski definition) is 7. The van der Waals surface area contributed by atoms with E-state index in [1.54, 1.807) is 20.8 Å². The summed E-state index contributed by atoms with van der Waals surface area (Å²) in [6.45, 7) is 7.55. The molecule has 3 N–H and O–H groups in total. The fourth-order valence-corrected chi connectivity index (χ4v) is 4.67. The van der Waals surface area contributed by atoms with Crippen LogP contribution in [0.15, 0.2) is 30.3 Å². The second-order valence-electron chi connectivity index (χ2n) is 12.3. The highest BCUT2D eigenvalue weighted by Crippen LogP contribution is 2.17. The van der Waals surface area contributed by atoms with Gasteiger partial charge in [0.15, 0.2) is 0 Å². The summed E-state index contributed by atoms with van der Waals surface area (Å²) in [6, 6.07) is 8.29. The Morgan fingerprint density at radius 3 is 1.95 bits per heavy atom. The van der Waals surface area contributed by atoms with Gasteiger partial charge in [0.05, 0.1) is 6.42 Å². The standard InChI is InChI=1S/C34H56N2O7/c1-5-6-7-8-9-10-11-12-13-14-18-22-28(25-30(35)37)42-32(39)29(36-33(40)43-34(2,3)4)23-19-24-31(38)41-26-27-20-16-15-17-21-27/h15-17,20-21,28-29H,5-14,18-19,22-26H2,1-4H3,(H2,35,37)(H,36,40)/t28-,29+/m0/s1. The molecule has 0 heterocycles.